The van der Waals surface area contributed by atoms with Crippen LogP contribution in [0.3, 0.4) is 0 Å². The van der Waals surface area contributed by atoms with Crippen LogP contribution < -0.4 is 5.32 Å². The van der Waals surface area contributed by atoms with Crippen LogP contribution in [-0.2, 0) is 4.79 Å². The summed E-state index contributed by atoms with van der Waals surface area (Å²) in [4.78, 5) is 39.3. The fraction of sp³-hybridized carbons (Fsp3) is 0.500. The second kappa shape index (κ2) is 7.72. The molecule has 7 nitrogen and oxygen atoms in total. The van der Waals surface area contributed by atoms with E-state index >= 15 is 0 Å². The molecule has 0 aromatic heterocycles. The number of piperidine rings is 1. The maximum atomic E-state index is 13.8. The first-order valence-electron chi connectivity index (χ1n) is 8.83. The van der Waals surface area contributed by atoms with Crippen LogP contribution in [0.15, 0.2) is 18.2 Å². The molecule has 2 fully saturated rings. The number of anilines is 1. The molecular weight excluding hydrogens is 341 g/mol. The third kappa shape index (κ3) is 3.95. The highest BCUT2D eigenvalue weighted by atomic mass is 19.1. The van der Waals surface area contributed by atoms with Gasteiger partial charge in [0, 0.05) is 32.1 Å². The van der Waals surface area contributed by atoms with Crippen LogP contribution in [0.2, 0.25) is 0 Å². The Kier molecular flexibility index (Phi) is 5.39. The van der Waals surface area contributed by atoms with Crippen LogP contribution in [0.5, 0.6) is 0 Å². The number of hydrogen-bond acceptors (Lipinski definition) is 3. The van der Waals surface area contributed by atoms with Gasteiger partial charge in [-0.15, -0.1) is 0 Å². The first kappa shape index (κ1) is 18.2. The van der Waals surface area contributed by atoms with Gasteiger partial charge in [0.05, 0.1) is 11.3 Å². The lowest BCUT2D eigenvalue weighted by Crippen LogP contribution is -2.47. The van der Waals surface area contributed by atoms with E-state index in [-0.39, 0.29) is 29.1 Å². The van der Waals surface area contributed by atoms with Crippen LogP contribution in [0.4, 0.5) is 14.9 Å². The Hall–Kier alpha value is -2.64. The largest absolute Gasteiger partial charge is 0.478 e. The highest BCUT2D eigenvalue weighted by Crippen LogP contribution is 2.23. The standard InChI is InChI=1S/C18H22FN3O4/c19-14-4-3-13(17(24)25)11-15(14)20-16(23)12-5-9-22(10-6-12)18(26)21-7-1-2-8-21/h3-4,11-12H,1-2,5-10H2,(H,20,23)(H,24,25). The van der Waals surface area contributed by atoms with Crippen molar-refractivity contribution in [1.29, 1.82) is 0 Å². The molecule has 1 aromatic rings. The number of rotatable bonds is 3. The summed E-state index contributed by atoms with van der Waals surface area (Å²) in [5, 5.41) is 11.5. The van der Waals surface area contributed by atoms with Crippen molar-refractivity contribution in [3.63, 3.8) is 0 Å². The van der Waals surface area contributed by atoms with E-state index < -0.39 is 11.8 Å². The van der Waals surface area contributed by atoms with Crippen molar-refractivity contribution in [2.45, 2.75) is 25.7 Å². The Morgan fingerprint density at radius 1 is 1.04 bits per heavy atom. The van der Waals surface area contributed by atoms with Gasteiger partial charge in [0.15, 0.2) is 0 Å². The van der Waals surface area contributed by atoms with Gasteiger partial charge >= 0.3 is 12.0 Å². The number of halogens is 1. The van der Waals surface area contributed by atoms with Crippen LogP contribution in [0.25, 0.3) is 0 Å². The molecule has 8 heteroatoms. The molecule has 2 heterocycles. The molecule has 2 aliphatic heterocycles. The third-order valence-electron chi connectivity index (χ3n) is 4.98. The van der Waals surface area contributed by atoms with Crippen LogP contribution in [0, 0.1) is 11.7 Å². The molecule has 2 N–H and O–H groups in total. The van der Waals surface area contributed by atoms with Crippen LogP contribution >= 0.6 is 0 Å². The molecule has 0 bridgehead atoms. The van der Waals surface area contributed by atoms with E-state index in [1.165, 1.54) is 0 Å². The minimum Gasteiger partial charge on any atom is -0.478 e. The molecule has 26 heavy (non-hydrogen) atoms. The lowest BCUT2D eigenvalue weighted by atomic mass is 9.96. The van der Waals surface area contributed by atoms with E-state index in [9.17, 15) is 18.8 Å². The topological polar surface area (TPSA) is 90.0 Å². The van der Waals surface area contributed by atoms with E-state index in [2.05, 4.69) is 5.32 Å². The Morgan fingerprint density at radius 3 is 2.27 bits per heavy atom. The van der Waals surface area contributed by atoms with Gasteiger partial charge in [-0.2, -0.15) is 0 Å². The summed E-state index contributed by atoms with van der Waals surface area (Å²) in [6.45, 7) is 2.56. The number of carbonyl (C=O) groups excluding carboxylic acids is 2. The average molecular weight is 363 g/mol. The number of carbonyl (C=O) groups is 3. The van der Waals surface area contributed by atoms with Gasteiger partial charge in [0.25, 0.3) is 0 Å². The predicted molar refractivity (Wildman–Crippen MR) is 92.5 cm³/mol. The zero-order valence-corrected chi connectivity index (χ0v) is 14.4. The monoisotopic (exact) mass is 363 g/mol. The van der Waals surface area contributed by atoms with Gasteiger partial charge in [0.2, 0.25) is 5.91 Å². The number of carboxylic acid groups (broad SMARTS) is 1. The second-order valence-corrected chi connectivity index (χ2v) is 6.73. The summed E-state index contributed by atoms with van der Waals surface area (Å²) in [6, 6.07) is 3.31. The lowest BCUT2D eigenvalue weighted by molar-refractivity contribution is -0.121. The van der Waals surface area contributed by atoms with Gasteiger partial charge in [-0.25, -0.2) is 14.0 Å². The Bertz CT molecular complexity index is 710. The molecule has 0 aliphatic carbocycles. The fourth-order valence-corrected chi connectivity index (χ4v) is 3.43. The van der Waals surface area contributed by atoms with Gasteiger partial charge in [-0.1, -0.05) is 0 Å². The molecule has 0 saturated carbocycles. The van der Waals surface area contributed by atoms with Crippen molar-refractivity contribution in [1.82, 2.24) is 9.80 Å². The van der Waals surface area contributed by atoms with Crippen molar-refractivity contribution >= 4 is 23.6 Å². The van der Waals surface area contributed by atoms with Gasteiger partial charge in [0.1, 0.15) is 5.82 Å². The van der Waals surface area contributed by atoms with Gasteiger partial charge in [-0.05, 0) is 43.9 Å². The SMILES string of the molecule is O=C(O)c1ccc(F)c(NC(=O)C2CCN(C(=O)N3CCCC3)CC2)c1. The average Bonchev–Trinajstić information content (AvgIpc) is 3.17. The molecule has 1 aromatic carbocycles. The van der Waals surface area contributed by atoms with Gasteiger partial charge in [-0.3, -0.25) is 4.79 Å². The summed E-state index contributed by atoms with van der Waals surface area (Å²) in [6.07, 6.45) is 3.08. The van der Waals surface area contributed by atoms with E-state index in [4.69, 9.17) is 5.11 Å². The van der Waals surface area contributed by atoms with Crippen molar-refractivity contribution < 1.29 is 23.9 Å². The number of likely N-dealkylation sites (tertiary alicyclic amines) is 2. The molecule has 2 aliphatic rings. The lowest BCUT2D eigenvalue weighted by Gasteiger charge is -2.34. The van der Waals surface area contributed by atoms with E-state index in [1.54, 1.807) is 4.90 Å². The Morgan fingerprint density at radius 2 is 1.65 bits per heavy atom. The zero-order chi connectivity index (χ0) is 18.7. The number of carboxylic acids is 1. The number of benzene rings is 1. The molecule has 0 spiro atoms. The molecule has 3 rings (SSSR count). The second-order valence-electron chi connectivity index (χ2n) is 6.73. The van der Waals surface area contributed by atoms with E-state index in [1.807, 2.05) is 4.90 Å². The molecule has 2 saturated heterocycles. The molecule has 3 amide bonds. The summed E-state index contributed by atoms with van der Waals surface area (Å²) in [7, 11) is 0. The van der Waals surface area contributed by atoms with Gasteiger partial charge < -0.3 is 20.2 Å². The molecule has 0 atom stereocenters. The minimum absolute atomic E-state index is 0.0292. The number of aromatic carboxylic acids is 1. The number of nitrogens with zero attached hydrogens (tertiary/aromatic N) is 2. The highest BCUT2D eigenvalue weighted by molar-refractivity contribution is 5.95. The quantitative estimate of drug-likeness (QED) is 0.863. The smallest absolute Gasteiger partial charge is 0.335 e. The fourth-order valence-electron chi connectivity index (χ4n) is 3.43. The molecule has 0 radical (unpaired) electrons. The maximum Gasteiger partial charge on any atom is 0.335 e. The van der Waals surface area contributed by atoms with Crippen molar-refractivity contribution in [2.24, 2.45) is 5.92 Å². The number of urea groups is 1. The first-order valence-corrected chi connectivity index (χ1v) is 8.83. The summed E-state index contributed by atoms with van der Waals surface area (Å²) >= 11 is 0. The number of nitrogens with one attached hydrogen (secondary N) is 1. The highest BCUT2D eigenvalue weighted by Gasteiger charge is 2.30. The van der Waals surface area contributed by atoms with Crippen LogP contribution in [-0.4, -0.2) is 59.0 Å². The predicted octanol–water partition coefficient (Wildman–Crippen LogP) is 2.39. The van der Waals surface area contributed by atoms with Crippen molar-refractivity contribution in [3.8, 4) is 0 Å². The first-order chi connectivity index (χ1) is 12.5. The van der Waals surface area contributed by atoms with Crippen molar-refractivity contribution in [3.05, 3.63) is 29.6 Å². The van der Waals surface area contributed by atoms with E-state index in [0.717, 1.165) is 44.1 Å². The summed E-state index contributed by atoms with van der Waals surface area (Å²) in [5.41, 5.74) is -0.224. The molecule has 140 valence electrons. The number of hydrogen-bond donors (Lipinski definition) is 2. The molecule has 0 unspecified atom stereocenters. The third-order valence-corrected chi connectivity index (χ3v) is 4.98. The summed E-state index contributed by atoms with van der Waals surface area (Å²) < 4.78 is 13.8. The normalized spacial score (nSPS) is 18.0. The maximum absolute atomic E-state index is 13.8. The number of amides is 3. The minimum atomic E-state index is -1.19. The van der Waals surface area contributed by atoms with Crippen LogP contribution in [0.1, 0.15) is 36.0 Å². The van der Waals surface area contributed by atoms with Crippen molar-refractivity contribution in [2.75, 3.05) is 31.5 Å². The zero-order valence-electron chi connectivity index (χ0n) is 14.4. The Balaban J connectivity index is 1.56. The Labute approximate surface area is 150 Å². The van der Waals surface area contributed by atoms with E-state index in [0.29, 0.717) is 25.9 Å². The molecular formula is C18H22FN3O4. The summed E-state index contributed by atoms with van der Waals surface area (Å²) in [5.74, 6) is -2.54.